The molecule has 9 nitrogen and oxygen atoms in total. The first-order valence-electron chi connectivity index (χ1n) is 10.6. The molecule has 182 valence electrons. The van der Waals surface area contributed by atoms with E-state index in [4.69, 9.17) is 25.8 Å². The Bertz CT molecular complexity index is 1460. The molecule has 3 aromatic carbocycles. The van der Waals surface area contributed by atoms with Crippen LogP contribution in [0.2, 0.25) is 5.02 Å². The van der Waals surface area contributed by atoms with E-state index in [-0.39, 0.29) is 33.8 Å². The molecule has 0 saturated carbocycles. The van der Waals surface area contributed by atoms with Crippen molar-refractivity contribution in [3.63, 3.8) is 0 Å². The van der Waals surface area contributed by atoms with E-state index in [1.165, 1.54) is 43.5 Å². The standard InChI is InChI=1S/C26H19ClN2O7/c1-14-4-6-17(7-5-14)25(30)35-23-19(27)11-16(13-22(23)34-3)12-20-26(31)36-24(28-20)18-8-9-21(29(32)33)15(2)10-18/h4-13H,1-3H3/b20-12-. The van der Waals surface area contributed by atoms with E-state index >= 15 is 0 Å². The maximum absolute atomic E-state index is 12.5. The fourth-order valence-corrected chi connectivity index (χ4v) is 3.70. The average Bonchev–Trinajstić information content (AvgIpc) is 3.20. The molecule has 0 spiro atoms. The quantitative estimate of drug-likeness (QED) is 0.144. The molecular formula is C26H19ClN2O7. The van der Waals surface area contributed by atoms with Crippen molar-refractivity contribution < 1.29 is 28.7 Å². The largest absolute Gasteiger partial charge is 0.493 e. The van der Waals surface area contributed by atoms with Gasteiger partial charge in [-0.05, 0) is 61.9 Å². The van der Waals surface area contributed by atoms with Gasteiger partial charge in [-0.15, -0.1) is 0 Å². The number of nitro groups is 1. The van der Waals surface area contributed by atoms with Crippen LogP contribution in [0.1, 0.15) is 32.6 Å². The van der Waals surface area contributed by atoms with Crippen molar-refractivity contribution in [2.24, 2.45) is 4.99 Å². The van der Waals surface area contributed by atoms with Crippen molar-refractivity contribution in [3.8, 4) is 11.5 Å². The minimum absolute atomic E-state index is 0.0106. The van der Waals surface area contributed by atoms with E-state index in [0.29, 0.717) is 22.3 Å². The molecule has 1 heterocycles. The van der Waals surface area contributed by atoms with Gasteiger partial charge in [-0.1, -0.05) is 29.3 Å². The molecule has 0 aliphatic carbocycles. The number of nitro benzene ring substituents is 1. The van der Waals surface area contributed by atoms with Gasteiger partial charge < -0.3 is 14.2 Å². The number of hydrogen-bond acceptors (Lipinski definition) is 8. The van der Waals surface area contributed by atoms with Gasteiger partial charge in [-0.3, -0.25) is 10.1 Å². The van der Waals surface area contributed by atoms with Crippen LogP contribution in [-0.4, -0.2) is 29.9 Å². The summed E-state index contributed by atoms with van der Waals surface area (Å²) in [5, 5.41) is 11.1. The number of carbonyl (C=O) groups is 2. The van der Waals surface area contributed by atoms with Crippen LogP contribution < -0.4 is 9.47 Å². The second-order valence-corrected chi connectivity index (χ2v) is 8.29. The second-order valence-electron chi connectivity index (χ2n) is 7.88. The Balaban J connectivity index is 1.62. The molecule has 0 bridgehead atoms. The van der Waals surface area contributed by atoms with Crippen molar-refractivity contribution in [1.29, 1.82) is 0 Å². The summed E-state index contributed by atoms with van der Waals surface area (Å²) in [5.41, 5.74) is 2.56. The van der Waals surface area contributed by atoms with E-state index in [0.717, 1.165) is 5.56 Å². The highest BCUT2D eigenvalue weighted by Gasteiger charge is 2.26. The van der Waals surface area contributed by atoms with Gasteiger partial charge in [0.1, 0.15) is 0 Å². The summed E-state index contributed by atoms with van der Waals surface area (Å²) < 4.78 is 16.1. The van der Waals surface area contributed by atoms with Gasteiger partial charge in [0.05, 0.1) is 22.6 Å². The molecule has 0 radical (unpaired) electrons. The van der Waals surface area contributed by atoms with Crippen molar-refractivity contribution in [3.05, 3.63) is 103 Å². The van der Waals surface area contributed by atoms with Crippen molar-refractivity contribution in [1.82, 2.24) is 0 Å². The molecule has 0 aromatic heterocycles. The Labute approximate surface area is 210 Å². The summed E-state index contributed by atoms with van der Waals surface area (Å²) in [6.45, 7) is 3.49. The third-order valence-corrected chi connectivity index (χ3v) is 5.58. The maximum atomic E-state index is 12.5. The number of aryl methyl sites for hydroxylation is 2. The number of halogens is 1. The van der Waals surface area contributed by atoms with Crippen LogP contribution in [0.4, 0.5) is 5.69 Å². The Kier molecular flexibility index (Phi) is 6.84. The van der Waals surface area contributed by atoms with Gasteiger partial charge in [0.2, 0.25) is 5.90 Å². The van der Waals surface area contributed by atoms with Crippen molar-refractivity contribution >= 4 is 41.2 Å². The maximum Gasteiger partial charge on any atom is 0.363 e. The predicted octanol–water partition coefficient (Wildman–Crippen LogP) is 5.44. The zero-order chi connectivity index (χ0) is 26.0. The van der Waals surface area contributed by atoms with E-state index in [1.54, 1.807) is 31.2 Å². The van der Waals surface area contributed by atoms with E-state index in [2.05, 4.69) is 4.99 Å². The summed E-state index contributed by atoms with van der Waals surface area (Å²) in [7, 11) is 1.39. The van der Waals surface area contributed by atoms with E-state index in [1.807, 2.05) is 6.92 Å². The first kappa shape index (κ1) is 24.6. The topological polar surface area (TPSA) is 117 Å². The number of carbonyl (C=O) groups excluding carboxylic acids is 2. The van der Waals surface area contributed by atoms with Crippen LogP contribution in [0.15, 0.2) is 65.3 Å². The molecule has 36 heavy (non-hydrogen) atoms. The molecular weight excluding hydrogens is 488 g/mol. The fraction of sp³-hybridized carbons (Fsp3) is 0.115. The summed E-state index contributed by atoms with van der Waals surface area (Å²) in [5.74, 6) is -1.08. The SMILES string of the molecule is COc1cc(/C=C2\N=C(c3ccc([N+](=O)[O-])c(C)c3)OC2=O)cc(Cl)c1OC(=O)c1ccc(C)cc1. The summed E-state index contributed by atoms with van der Waals surface area (Å²) in [6.07, 6.45) is 1.44. The highest BCUT2D eigenvalue weighted by molar-refractivity contribution is 6.32. The second kappa shape index (κ2) is 10.0. The van der Waals surface area contributed by atoms with E-state index < -0.39 is 16.9 Å². The van der Waals surface area contributed by atoms with E-state index in [9.17, 15) is 19.7 Å². The number of esters is 2. The van der Waals surface area contributed by atoms with Gasteiger partial charge in [0.25, 0.3) is 5.69 Å². The summed E-state index contributed by atoms with van der Waals surface area (Å²) in [6, 6.07) is 14.2. The molecule has 0 amide bonds. The Morgan fingerprint density at radius 3 is 2.47 bits per heavy atom. The minimum atomic E-state index is -0.703. The smallest absolute Gasteiger partial charge is 0.363 e. The van der Waals surface area contributed by atoms with Gasteiger partial charge >= 0.3 is 11.9 Å². The molecule has 3 aromatic rings. The highest BCUT2D eigenvalue weighted by Crippen LogP contribution is 2.38. The predicted molar refractivity (Wildman–Crippen MR) is 133 cm³/mol. The Morgan fingerprint density at radius 2 is 1.83 bits per heavy atom. The average molecular weight is 507 g/mol. The minimum Gasteiger partial charge on any atom is -0.493 e. The lowest BCUT2D eigenvalue weighted by atomic mass is 10.1. The van der Waals surface area contributed by atoms with Crippen LogP contribution in [0.25, 0.3) is 6.08 Å². The molecule has 0 unspecified atom stereocenters. The molecule has 0 saturated heterocycles. The van der Waals surface area contributed by atoms with Crippen LogP contribution in [0.3, 0.4) is 0 Å². The lowest BCUT2D eigenvalue weighted by molar-refractivity contribution is -0.385. The van der Waals surface area contributed by atoms with Gasteiger partial charge in [-0.25, -0.2) is 14.6 Å². The summed E-state index contributed by atoms with van der Waals surface area (Å²) in [4.78, 5) is 39.7. The number of aliphatic imine (C=N–C) groups is 1. The highest BCUT2D eigenvalue weighted by atomic mass is 35.5. The summed E-state index contributed by atoms with van der Waals surface area (Å²) >= 11 is 6.38. The molecule has 1 aliphatic rings. The van der Waals surface area contributed by atoms with Crippen molar-refractivity contribution in [2.45, 2.75) is 13.8 Å². The van der Waals surface area contributed by atoms with Gasteiger partial charge in [0, 0.05) is 17.2 Å². The lowest BCUT2D eigenvalue weighted by Crippen LogP contribution is -2.09. The first-order valence-corrected chi connectivity index (χ1v) is 11.0. The van der Waals surface area contributed by atoms with Crippen LogP contribution in [-0.2, 0) is 9.53 Å². The number of cyclic esters (lactones) is 1. The van der Waals surface area contributed by atoms with Gasteiger partial charge in [-0.2, -0.15) is 0 Å². The third kappa shape index (κ3) is 5.11. The molecule has 0 N–H and O–H groups in total. The molecule has 4 rings (SSSR count). The zero-order valence-electron chi connectivity index (χ0n) is 19.4. The number of hydrogen-bond donors (Lipinski definition) is 0. The third-order valence-electron chi connectivity index (χ3n) is 5.30. The molecule has 1 aliphatic heterocycles. The Morgan fingerprint density at radius 1 is 1.11 bits per heavy atom. The van der Waals surface area contributed by atoms with Crippen molar-refractivity contribution in [2.75, 3.05) is 7.11 Å². The zero-order valence-corrected chi connectivity index (χ0v) is 20.2. The normalized spacial score (nSPS) is 13.8. The number of nitrogens with zero attached hydrogens (tertiary/aromatic N) is 2. The van der Waals surface area contributed by atoms with Crippen LogP contribution in [0.5, 0.6) is 11.5 Å². The number of methoxy groups -OCH3 is 1. The monoisotopic (exact) mass is 506 g/mol. The lowest BCUT2D eigenvalue weighted by Gasteiger charge is -2.12. The molecule has 10 heteroatoms. The molecule has 0 atom stereocenters. The Hall–Kier alpha value is -4.50. The molecule has 0 fully saturated rings. The fourth-order valence-electron chi connectivity index (χ4n) is 3.45. The van der Waals surface area contributed by atoms with Crippen LogP contribution in [0, 0.1) is 24.0 Å². The van der Waals surface area contributed by atoms with Crippen LogP contribution >= 0.6 is 11.6 Å². The number of benzene rings is 3. The first-order chi connectivity index (χ1) is 17.2. The van der Waals surface area contributed by atoms with Gasteiger partial charge in [0.15, 0.2) is 17.2 Å². The number of rotatable bonds is 6. The number of ether oxygens (including phenoxy) is 3.